The van der Waals surface area contributed by atoms with Crippen LogP contribution in [0.25, 0.3) is 0 Å². The van der Waals surface area contributed by atoms with E-state index in [1.54, 1.807) is 18.2 Å². The molecule has 1 aromatic rings. The molecule has 0 spiro atoms. The Morgan fingerprint density at radius 1 is 1.31 bits per heavy atom. The van der Waals surface area contributed by atoms with Crippen molar-refractivity contribution in [2.45, 2.75) is 6.92 Å². The van der Waals surface area contributed by atoms with Crippen molar-refractivity contribution < 1.29 is 14.7 Å². The number of aryl methyl sites for hydroxylation is 1. The van der Waals surface area contributed by atoms with Gasteiger partial charge in [-0.05, 0) is 24.6 Å². The third-order valence-electron chi connectivity index (χ3n) is 1.88. The van der Waals surface area contributed by atoms with Crippen LogP contribution in [-0.2, 0) is 9.59 Å². The van der Waals surface area contributed by atoms with Crippen LogP contribution < -0.4 is 10.6 Å². The maximum atomic E-state index is 11.3. The van der Waals surface area contributed by atoms with Crippen LogP contribution in [-0.4, -0.2) is 30.1 Å². The number of aliphatic hydroxyl groups excluding tert-OH is 1. The molecule has 2 amide bonds. The average Bonchev–Trinajstić information content (AvgIpc) is 2.25. The number of carbonyl (C=O) groups is 2. The first kappa shape index (κ1) is 12.2. The molecule has 1 rings (SSSR count). The summed E-state index contributed by atoms with van der Waals surface area (Å²) in [5, 5.41) is 13.2. The van der Waals surface area contributed by atoms with Gasteiger partial charge in [0.05, 0.1) is 6.61 Å². The molecular weight excluding hydrogens is 208 g/mol. The summed E-state index contributed by atoms with van der Waals surface area (Å²) in [5.41, 5.74) is 1.57. The minimum Gasteiger partial charge on any atom is -0.395 e. The number of amides is 2. The van der Waals surface area contributed by atoms with Gasteiger partial charge in [-0.15, -0.1) is 0 Å². The summed E-state index contributed by atoms with van der Waals surface area (Å²) in [6.45, 7) is 1.77. The molecule has 0 saturated carbocycles. The highest BCUT2D eigenvalue weighted by Crippen LogP contribution is 2.08. The van der Waals surface area contributed by atoms with Gasteiger partial charge < -0.3 is 15.7 Å². The normalized spacial score (nSPS) is 9.62. The van der Waals surface area contributed by atoms with E-state index in [0.717, 1.165) is 5.56 Å². The molecule has 0 atom stereocenters. The largest absolute Gasteiger partial charge is 0.395 e. The van der Waals surface area contributed by atoms with Crippen molar-refractivity contribution in [3.05, 3.63) is 29.8 Å². The van der Waals surface area contributed by atoms with Crippen LogP contribution in [0.5, 0.6) is 0 Å². The lowest BCUT2D eigenvalue weighted by Crippen LogP contribution is -2.36. The maximum Gasteiger partial charge on any atom is 0.313 e. The zero-order valence-electron chi connectivity index (χ0n) is 8.99. The highest BCUT2D eigenvalue weighted by atomic mass is 16.3. The van der Waals surface area contributed by atoms with E-state index in [1.807, 2.05) is 13.0 Å². The summed E-state index contributed by atoms with van der Waals surface area (Å²) in [6, 6.07) is 7.14. The second-order valence-corrected chi connectivity index (χ2v) is 3.30. The topological polar surface area (TPSA) is 78.4 Å². The van der Waals surface area contributed by atoms with Crippen molar-refractivity contribution in [2.75, 3.05) is 18.5 Å². The van der Waals surface area contributed by atoms with Crippen molar-refractivity contribution in [3.8, 4) is 0 Å². The minimum atomic E-state index is -0.754. The molecule has 0 fully saturated rings. The second-order valence-electron chi connectivity index (χ2n) is 3.30. The van der Waals surface area contributed by atoms with E-state index in [4.69, 9.17) is 5.11 Å². The lowest BCUT2D eigenvalue weighted by atomic mass is 10.2. The fraction of sp³-hybridized carbons (Fsp3) is 0.273. The summed E-state index contributed by atoms with van der Waals surface area (Å²) >= 11 is 0. The first-order chi connectivity index (χ1) is 7.63. The van der Waals surface area contributed by atoms with Gasteiger partial charge >= 0.3 is 11.8 Å². The van der Waals surface area contributed by atoms with Gasteiger partial charge in [-0.25, -0.2) is 0 Å². The lowest BCUT2D eigenvalue weighted by Gasteiger charge is -2.05. The van der Waals surface area contributed by atoms with Crippen LogP contribution in [0, 0.1) is 6.92 Å². The van der Waals surface area contributed by atoms with Gasteiger partial charge in [0, 0.05) is 12.2 Å². The standard InChI is InChI=1S/C11H14N2O3/c1-8-3-2-4-9(7-8)13-11(16)10(15)12-5-6-14/h2-4,7,14H,5-6H2,1H3,(H,12,15)(H,13,16). The van der Waals surface area contributed by atoms with Crippen molar-refractivity contribution in [1.29, 1.82) is 0 Å². The lowest BCUT2D eigenvalue weighted by molar-refractivity contribution is -0.136. The number of benzene rings is 1. The van der Waals surface area contributed by atoms with Gasteiger partial charge in [0.2, 0.25) is 0 Å². The third-order valence-corrected chi connectivity index (χ3v) is 1.88. The van der Waals surface area contributed by atoms with Crippen LogP contribution in [0.3, 0.4) is 0 Å². The highest BCUT2D eigenvalue weighted by molar-refractivity contribution is 6.39. The number of hydrogen-bond acceptors (Lipinski definition) is 3. The summed E-state index contributed by atoms with van der Waals surface area (Å²) < 4.78 is 0. The third kappa shape index (κ3) is 3.70. The Labute approximate surface area is 93.5 Å². The van der Waals surface area contributed by atoms with E-state index in [-0.39, 0.29) is 13.2 Å². The highest BCUT2D eigenvalue weighted by Gasteiger charge is 2.12. The molecule has 0 aromatic heterocycles. The Morgan fingerprint density at radius 3 is 2.69 bits per heavy atom. The molecule has 1 aromatic carbocycles. The van der Waals surface area contributed by atoms with E-state index in [9.17, 15) is 9.59 Å². The predicted octanol–water partition coefficient (Wildman–Crippen LogP) is 0.0420. The molecular formula is C11H14N2O3. The van der Waals surface area contributed by atoms with Gasteiger partial charge in [0.15, 0.2) is 0 Å². The van der Waals surface area contributed by atoms with E-state index in [1.165, 1.54) is 0 Å². The summed E-state index contributed by atoms with van der Waals surface area (Å²) in [6.07, 6.45) is 0. The van der Waals surface area contributed by atoms with Gasteiger partial charge in [0.1, 0.15) is 0 Å². The molecule has 0 unspecified atom stereocenters. The molecule has 0 radical (unpaired) electrons. The molecule has 0 saturated heterocycles. The second kappa shape index (κ2) is 5.87. The van der Waals surface area contributed by atoms with Crippen molar-refractivity contribution in [1.82, 2.24) is 5.32 Å². The Kier molecular flexibility index (Phi) is 4.47. The molecule has 16 heavy (non-hydrogen) atoms. The zero-order valence-corrected chi connectivity index (χ0v) is 8.99. The van der Waals surface area contributed by atoms with Crippen molar-refractivity contribution in [2.24, 2.45) is 0 Å². The molecule has 0 heterocycles. The SMILES string of the molecule is Cc1cccc(NC(=O)C(=O)NCCO)c1. The van der Waals surface area contributed by atoms with Crippen LogP contribution >= 0.6 is 0 Å². The van der Waals surface area contributed by atoms with Gasteiger partial charge in [-0.1, -0.05) is 12.1 Å². The van der Waals surface area contributed by atoms with E-state index < -0.39 is 11.8 Å². The fourth-order valence-electron chi connectivity index (χ4n) is 1.16. The molecule has 5 heteroatoms. The van der Waals surface area contributed by atoms with Crippen LogP contribution in [0.4, 0.5) is 5.69 Å². The van der Waals surface area contributed by atoms with Crippen molar-refractivity contribution >= 4 is 17.5 Å². The number of anilines is 1. The molecule has 0 aliphatic carbocycles. The Hall–Kier alpha value is -1.88. The Balaban J connectivity index is 2.54. The molecule has 0 aliphatic heterocycles. The monoisotopic (exact) mass is 222 g/mol. The van der Waals surface area contributed by atoms with Crippen LogP contribution in [0.2, 0.25) is 0 Å². The number of rotatable bonds is 3. The fourth-order valence-corrected chi connectivity index (χ4v) is 1.16. The first-order valence-electron chi connectivity index (χ1n) is 4.90. The average molecular weight is 222 g/mol. The minimum absolute atomic E-state index is 0.0695. The number of aliphatic hydroxyl groups is 1. The summed E-state index contributed by atoms with van der Waals surface area (Å²) in [7, 11) is 0. The number of nitrogens with one attached hydrogen (secondary N) is 2. The van der Waals surface area contributed by atoms with Crippen LogP contribution in [0.1, 0.15) is 5.56 Å². The Morgan fingerprint density at radius 2 is 2.06 bits per heavy atom. The molecule has 5 nitrogen and oxygen atoms in total. The van der Waals surface area contributed by atoms with E-state index >= 15 is 0 Å². The number of hydrogen-bond donors (Lipinski definition) is 3. The molecule has 86 valence electrons. The zero-order chi connectivity index (χ0) is 12.0. The van der Waals surface area contributed by atoms with Gasteiger partial charge in [0.25, 0.3) is 0 Å². The van der Waals surface area contributed by atoms with Gasteiger partial charge in [-0.3, -0.25) is 9.59 Å². The maximum absolute atomic E-state index is 11.3. The van der Waals surface area contributed by atoms with E-state index in [0.29, 0.717) is 5.69 Å². The van der Waals surface area contributed by atoms with E-state index in [2.05, 4.69) is 10.6 Å². The molecule has 0 bridgehead atoms. The van der Waals surface area contributed by atoms with Crippen molar-refractivity contribution in [3.63, 3.8) is 0 Å². The smallest absolute Gasteiger partial charge is 0.313 e. The first-order valence-corrected chi connectivity index (χ1v) is 4.90. The summed E-state index contributed by atoms with van der Waals surface area (Å²) in [5.74, 6) is -1.49. The van der Waals surface area contributed by atoms with Crippen LogP contribution in [0.15, 0.2) is 24.3 Å². The Bertz CT molecular complexity index is 391. The quantitative estimate of drug-likeness (QED) is 0.632. The predicted molar refractivity (Wildman–Crippen MR) is 59.9 cm³/mol. The van der Waals surface area contributed by atoms with Gasteiger partial charge in [-0.2, -0.15) is 0 Å². The summed E-state index contributed by atoms with van der Waals surface area (Å²) in [4.78, 5) is 22.5. The molecule has 0 aliphatic rings. The number of carbonyl (C=O) groups excluding carboxylic acids is 2. The molecule has 3 N–H and O–H groups in total.